The van der Waals surface area contributed by atoms with Gasteiger partial charge in [0, 0.05) is 27.8 Å². The van der Waals surface area contributed by atoms with Gasteiger partial charge in [-0.25, -0.2) is 0 Å². The van der Waals surface area contributed by atoms with Crippen LogP contribution in [0.4, 0.5) is 0 Å². The molecule has 15 heavy (non-hydrogen) atoms. The molecule has 0 fully saturated rings. The molecule has 0 radical (unpaired) electrons. The molecular weight excluding hydrogens is 206 g/mol. The minimum atomic E-state index is -0.643. The van der Waals surface area contributed by atoms with Gasteiger partial charge in [-0.3, -0.25) is 4.21 Å². The molecule has 0 aromatic carbocycles. The van der Waals surface area contributed by atoms with Crippen LogP contribution in [0.3, 0.4) is 0 Å². The molecule has 0 rings (SSSR count). The maximum absolute atomic E-state index is 11.8. The molecular formula is C12H27NOS. The summed E-state index contributed by atoms with van der Waals surface area (Å²) in [7, 11) is 1.36. The van der Waals surface area contributed by atoms with E-state index in [1.54, 1.807) is 0 Å². The Kier molecular flexibility index (Phi) is 8.34. The lowest BCUT2D eigenvalue weighted by Crippen LogP contribution is -2.25. The molecule has 0 aliphatic carbocycles. The van der Waals surface area contributed by atoms with Crippen LogP contribution in [0.25, 0.3) is 0 Å². The molecule has 92 valence electrons. The Bertz CT molecular complexity index is 178. The first-order valence-electron chi connectivity index (χ1n) is 6.07. The van der Waals surface area contributed by atoms with E-state index in [1.165, 1.54) is 0 Å². The number of hydrogen-bond donors (Lipinski definition) is 1. The summed E-state index contributed by atoms with van der Waals surface area (Å²) in [4.78, 5) is 0. The first kappa shape index (κ1) is 15.1. The molecule has 0 aromatic heterocycles. The Hall–Kier alpha value is 0.110. The summed E-state index contributed by atoms with van der Waals surface area (Å²) >= 11 is 0. The average Bonchev–Trinajstić information content (AvgIpc) is 2.22. The van der Waals surface area contributed by atoms with Crippen LogP contribution < -0.4 is 5.32 Å². The maximum Gasteiger partial charge on any atom is 0.0342 e. The third-order valence-corrected chi connectivity index (χ3v) is 5.22. The van der Waals surface area contributed by atoms with E-state index < -0.39 is 10.8 Å². The predicted octanol–water partition coefficient (Wildman–Crippen LogP) is 2.56. The third-order valence-electron chi connectivity index (χ3n) is 3.15. The zero-order chi connectivity index (χ0) is 11.8. The highest BCUT2D eigenvalue weighted by molar-refractivity contribution is 7.85. The number of rotatable bonds is 8. The minimum Gasteiger partial charge on any atom is -0.317 e. The van der Waals surface area contributed by atoms with Crippen molar-refractivity contribution in [3.63, 3.8) is 0 Å². The van der Waals surface area contributed by atoms with Crippen LogP contribution in [0, 0.1) is 5.92 Å². The molecule has 0 spiro atoms. The van der Waals surface area contributed by atoms with Gasteiger partial charge >= 0.3 is 0 Å². The van der Waals surface area contributed by atoms with Gasteiger partial charge in [-0.2, -0.15) is 0 Å². The standard InChI is InChI=1S/C12H27NOS/c1-6-12(13-5)8-7-9-15(14)11(4)10(2)3/h10-13H,6-9H2,1-5H3. The quantitative estimate of drug-likeness (QED) is 0.698. The molecule has 0 bridgehead atoms. The molecule has 0 saturated carbocycles. The Morgan fingerprint density at radius 1 is 1.27 bits per heavy atom. The van der Waals surface area contributed by atoms with Crippen LogP contribution in [-0.2, 0) is 10.8 Å². The van der Waals surface area contributed by atoms with Crippen molar-refractivity contribution in [2.45, 2.75) is 58.2 Å². The highest BCUT2D eigenvalue weighted by Gasteiger charge is 2.14. The van der Waals surface area contributed by atoms with Crippen LogP contribution in [0.1, 0.15) is 47.0 Å². The average molecular weight is 233 g/mol. The van der Waals surface area contributed by atoms with Gasteiger partial charge in [-0.1, -0.05) is 27.7 Å². The Morgan fingerprint density at radius 3 is 2.27 bits per heavy atom. The molecule has 0 amide bonds. The van der Waals surface area contributed by atoms with Crippen LogP contribution >= 0.6 is 0 Å². The van der Waals surface area contributed by atoms with Crippen molar-refractivity contribution < 1.29 is 4.21 Å². The fourth-order valence-corrected chi connectivity index (χ4v) is 2.94. The van der Waals surface area contributed by atoms with E-state index in [0.717, 1.165) is 25.0 Å². The van der Waals surface area contributed by atoms with E-state index in [1.807, 2.05) is 7.05 Å². The summed E-state index contributed by atoms with van der Waals surface area (Å²) in [5.41, 5.74) is 0. The van der Waals surface area contributed by atoms with Crippen molar-refractivity contribution in [2.24, 2.45) is 5.92 Å². The summed E-state index contributed by atoms with van der Waals surface area (Å²) in [6.07, 6.45) is 3.37. The molecule has 1 N–H and O–H groups in total. The molecule has 3 unspecified atom stereocenters. The fourth-order valence-electron chi connectivity index (χ4n) is 1.51. The maximum atomic E-state index is 11.8. The van der Waals surface area contributed by atoms with Crippen molar-refractivity contribution in [1.82, 2.24) is 5.32 Å². The highest BCUT2D eigenvalue weighted by Crippen LogP contribution is 2.11. The molecule has 3 heteroatoms. The predicted molar refractivity (Wildman–Crippen MR) is 69.7 cm³/mol. The molecule has 0 heterocycles. The van der Waals surface area contributed by atoms with E-state index in [-0.39, 0.29) is 0 Å². The van der Waals surface area contributed by atoms with Crippen molar-refractivity contribution >= 4 is 10.8 Å². The third kappa shape index (κ3) is 6.31. The van der Waals surface area contributed by atoms with Gasteiger partial charge in [0.15, 0.2) is 0 Å². The highest BCUT2D eigenvalue weighted by atomic mass is 32.2. The van der Waals surface area contributed by atoms with Gasteiger partial charge in [0.05, 0.1) is 0 Å². The Labute approximate surface area is 97.7 Å². The molecule has 0 aliphatic heterocycles. The topological polar surface area (TPSA) is 29.1 Å². The Morgan fingerprint density at radius 2 is 1.87 bits per heavy atom. The van der Waals surface area contributed by atoms with Crippen molar-refractivity contribution in [2.75, 3.05) is 12.8 Å². The molecule has 2 nitrogen and oxygen atoms in total. The summed E-state index contributed by atoms with van der Waals surface area (Å²) in [5.74, 6) is 1.38. The molecule has 3 atom stereocenters. The van der Waals surface area contributed by atoms with Gasteiger partial charge in [0.25, 0.3) is 0 Å². The van der Waals surface area contributed by atoms with Gasteiger partial charge in [0.1, 0.15) is 0 Å². The van der Waals surface area contributed by atoms with E-state index in [0.29, 0.717) is 17.2 Å². The zero-order valence-corrected chi connectivity index (χ0v) is 11.7. The molecule has 0 aliphatic rings. The molecule has 0 saturated heterocycles. The zero-order valence-electron chi connectivity index (χ0n) is 10.9. The fraction of sp³-hybridized carbons (Fsp3) is 1.00. The largest absolute Gasteiger partial charge is 0.317 e. The SMILES string of the molecule is CCC(CCCS(=O)C(C)C(C)C)NC. The lowest BCUT2D eigenvalue weighted by Gasteiger charge is -2.17. The Balaban J connectivity index is 3.72. The van der Waals surface area contributed by atoms with Crippen LogP contribution in [0.5, 0.6) is 0 Å². The van der Waals surface area contributed by atoms with Gasteiger partial charge < -0.3 is 5.32 Å². The number of hydrogen-bond acceptors (Lipinski definition) is 2. The van der Waals surface area contributed by atoms with E-state index >= 15 is 0 Å². The van der Waals surface area contributed by atoms with E-state index in [9.17, 15) is 4.21 Å². The van der Waals surface area contributed by atoms with E-state index in [4.69, 9.17) is 0 Å². The number of nitrogens with one attached hydrogen (secondary N) is 1. The summed E-state index contributed by atoms with van der Waals surface area (Å²) in [6, 6.07) is 0.594. The second-order valence-corrected chi connectivity index (χ2v) is 6.48. The second-order valence-electron chi connectivity index (χ2n) is 4.57. The van der Waals surface area contributed by atoms with Crippen LogP contribution in [-0.4, -0.2) is 28.3 Å². The first-order valence-corrected chi connectivity index (χ1v) is 7.45. The smallest absolute Gasteiger partial charge is 0.0342 e. The lowest BCUT2D eigenvalue weighted by atomic mass is 10.1. The first-order chi connectivity index (χ1) is 7.02. The lowest BCUT2D eigenvalue weighted by molar-refractivity contribution is 0.502. The van der Waals surface area contributed by atoms with Crippen LogP contribution in [0.15, 0.2) is 0 Å². The van der Waals surface area contributed by atoms with Crippen molar-refractivity contribution in [1.29, 1.82) is 0 Å². The van der Waals surface area contributed by atoms with Gasteiger partial charge in [-0.15, -0.1) is 0 Å². The minimum absolute atomic E-state index is 0.333. The van der Waals surface area contributed by atoms with E-state index in [2.05, 4.69) is 33.0 Å². The van der Waals surface area contributed by atoms with Gasteiger partial charge in [0.2, 0.25) is 0 Å². The van der Waals surface area contributed by atoms with Crippen molar-refractivity contribution in [3.8, 4) is 0 Å². The second kappa shape index (κ2) is 8.28. The monoisotopic (exact) mass is 233 g/mol. The normalized spacial score (nSPS) is 17.7. The summed E-state index contributed by atoms with van der Waals surface area (Å²) in [5, 5.41) is 3.61. The van der Waals surface area contributed by atoms with Gasteiger partial charge in [-0.05, 0) is 32.2 Å². The van der Waals surface area contributed by atoms with Crippen LogP contribution in [0.2, 0.25) is 0 Å². The summed E-state index contributed by atoms with van der Waals surface area (Å²) < 4.78 is 11.8. The molecule has 0 aromatic rings. The summed E-state index contributed by atoms with van der Waals surface area (Å²) in [6.45, 7) is 8.57. The van der Waals surface area contributed by atoms with Crippen molar-refractivity contribution in [3.05, 3.63) is 0 Å².